The first-order valence-corrected chi connectivity index (χ1v) is 7.15. The van der Waals surface area contributed by atoms with Crippen molar-refractivity contribution in [3.63, 3.8) is 0 Å². The van der Waals surface area contributed by atoms with Crippen LogP contribution in [0.3, 0.4) is 0 Å². The van der Waals surface area contributed by atoms with Crippen LogP contribution in [0, 0.1) is 0 Å². The Bertz CT molecular complexity index is 458. The van der Waals surface area contributed by atoms with Crippen LogP contribution in [0.4, 0.5) is 13.2 Å². The van der Waals surface area contributed by atoms with E-state index in [4.69, 9.17) is 4.74 Å². The maximum Gasteiger partial charge on any atom is 0.416 e. The van der Waals surface area contributed by atoms with Gasteiger partial charge in [0.05, 0.1) is 5.56 Å². The van der Waals surface area contributed by atoms with Gasteiger partial charge in [0.15, 0.2) is 5.96 Å². The number of hydrogen-bond donors (Lipinski definition) is 2. The monoisotopic (exact) mass is 317 g/mol. The number of aliphatic imine (C=N–C) groups is 1. The van der Waals surface area contributed by atoms with Crippen molar-refractivity contribution in [1.82, 2.24) is 10.6 Å². The molecule has 2 N–H and O–H groups in total. The van der Waals surface area contributed by atoms with Crippen molar-refractivity contribution >= 4 is 5.96 Å². The van der Waals surface area contributed by atoms with Crippen molar-refractivity contribution < 1.29 is 17.9 Å². The van der Waals surface area contributed by atoms with Gasteiger partial charge >= 0.3 is 6.18 Å². The van der Waals surface area contributed by atoms with E-state index in [-0.39, 0.29) is 0 Å². The van der Waals surface area contributed by atoms with E-state index in [1.807, 2.05) is 6.92 Å². The summed E-state index contributed by atoms with van der Waals surface area (Å²) in [6, 6.07) is 5.07. The predicted molar refractivity (Wildman–Crippen MR) is 80.8 cm³/mol. The van der Waals surface area contributed by atoms with E-state index in [9.17, 15) is 13.2 Å². The van der Waals surface area contributed by atoms with Crippen molar-refractivity contribution in [2.45, 2.75) is 26.1 Å². The molecular weight excluding hydrogens is 295 g/mol. The zero-order valence-electron chi connectivity index (χ0n) is 12.8. The zero-order valence-corrected chi connectivity index (χ0v) is 12.8. The van der Waals surface area contributed by atoms with Crippen molar-refractivity contribution in [3.8, 4) is 0 Å². The van der Waals surface area contributed by atoms with E-state index in [1.165, 1.54) is 12.1 Å². The van der Waals surface area contributed by atoms with Gasteiger partial charge in [0.1, 0.15) is 0 Å². The Morgan fingerprint density at radius 3 is 2.41 bits per heavy atom. The first-order chi connectivity index (χ1) is 10.5. The van der Waals surface area contributed by atoms with Crippen molar-refractivity contribution in [2.75, 3.05) is 26.8 Å². The molecule has 1 aromatic rings. The topological polar surface area (TPSA) is 45.6 Å². The molecule has 0 aliphatic carbocycles. The molecule has 0 unspecified atom stereocenters. The molecule has 0 fully saturated rings. The van der Waals surface area contributed by atoms with Crippen LogP contribution in [0.25, 0.3) is 0 Å². The smallest absolute Gasteiger partial charge is 0.382 e. The molecule has 0 amide bonds. The molecule has 7 heteroatoms. The Labute approximate surface area is 128 Å². The largest absolute Gasteiger partial charge is 0.416 e. The van der Waals surface area contributed by atoms with Crippen LogP contribution in [-0.2, 0) is 17.5 Å². The van der Waals surface area contributed by atoms with Gasteiger partial charge in [-0.25, -0.2) is 0 Å². The average Bonchev–Trinajstić information content (AvgIpc) is 2.49. The van der Waals surface area contributed by atoms with E-state index >= 15 is 0 Å². The van der Waals surface area contributed by atoms with Crippen LogP contribution in [0.15, 0.2) is 29.3 Å². The van der Waals surface area contributed by atoms with E-state index in [1.54, 1.807) is 7.05 Å². The predicted octanol–water partition coefficient (Wildman–Crippen LogP) is 2.80. The number of halogens is 3. The van der Waals surface area contributed by atoms with E-state index < -0.39 is 11.7 Å². The summed E-state index contributed by atoms with van der Waals surface area (Å²) in [6.45, 7) is 4.44. The molecule has 22 heavy (non-hydrogen) atoms. The molecule has 1 rings (SSSR count). The molecule has 1 aromatic carbocycles. The number of alkyl halides is 3. The molecule has 4 nitrogen and oxygen atoms in total. The molecule has 0 aromatic heterocycles. The fourth-order valence-corrected chi connectivity index (χ4v) is 1.74. The van der Waals surface area contributed by atoms with Gasteiger partial charge in [-0.3, -0.25) is 4.99 Å². The van der Waals surface area contributed by atoms with Crippen LogP contribution >= 0.6 is 0 Å². The standard InChI is InChI=1S/C15H22F3N3O/c1-3-22-10-4-9-20-14(19-2)21-11-12-5-7-13(8-6-12)15(16,17)18/h5-8H,3-4,9-11H2,1-2H3,(H2,19,20,21). The number of rotatable bonds is 7. The number of benzene rings is 1. The highest BCUT2D eigenvalue weighted by Gasteiger charge is 2.29. The lowest BCUT2D eigenvalue weighted by Gasteiger charge is -2.12. The first-order valence-electron chi connectivity index (χ1n) is 7.15. The zero-order chi connectivity index (χ0) is 16.4. The summed E-state index contributed by atoms with van der Waals surface area (Å²) in [5.74, 6) is 0.608. The van der Waals surface area contributed by atoms with Gasteiger partial charge in [-0.05, 0) is 31.0 Å². The third-order valence-corrected chi connectivity index (χ3v) is 2.93. The van der Waals surface area contributed by atoms with Gasteiger partial charge in [0, 0.05) is 33.4 Å². The number of nitrogens with one attached hydrogen (secondary N) is 2. The number of hydrogen-bond acceptors (Lipinski definition) is 2. The molecule has 0 spiro atoms. The second-order valence-corrected chi connectivity index (χ2v) is 4.60. The minimum Gasteiger partial charge on any atom is -0.382 e. The lowest BCUT2D eigenvalue weighted by Crippen LogP contribution is -2.37. The minimum absolute atomic E-state index is 0.406. The highest BCUT2D eigenvalue weighted by Crippen LogP contribution is 2.28. The summed E-state index contributed by atoms with van der Waals surface area (Å²) in [4.78, 5) is 4.05. The molecule has 0 aliphatic heterocycles. The molecule has 0 bridgehead atoms. The summed E-state index contributed by atoms with van der Waals surface area (Å²) in [7, 11) is 1.64. The van der Waals surface area contributed by atoms with Crippen LogP contribution in [0.1, 0.15) is 24.5 Å². The van der Waals surface area contributed by atoms with E-state index in [0.29, 0.717) is 32.3 Å². The van der Waals surface area contributed by atoms with Crippen molar-refractivity contribution in [3.05, 3.63) is 35.4 Å². The van der Waals surface area contributed by atoms with Gasteiger partial charge in [-0.15, -0.1) is 0 Å². The minimum atomic E-state index is -4.30. The summed E-state index contributed by atoms with van der Waals surface area (Å²) in [6.07, 6.45) is -3.45. The van der Waals surface area contributed by atoms with E-state index in [0.717, 1.165) is 24.1 Å². The third-order valence-electron chi connectivity index (χ3n) is 2.93. The van der Waals surface area contributed by atoms with Gasteiger partial charge in [-0.1, -0.05) is 12.1 Å². The SMILES string of the molecule is CCOCCCNC(=NC)NCc1ccc(C(F)(F)F)cc1. The second kappa shape index (κ2) is 9.30. The number of ether oxygens (including phenoxy) is 1. The number of nitrogens with zero attached hydrogens (tertiary/aromatic N) is 1. The Kier molecular flexibility index (Phi) is 7.73. The first kappa shape index (κ1) is 18.3. The van der Waals surface area contributed by atoms with Crippen LogP contribution in [0.5, 0.6) is 0 Å². The second-order valence-electron chi connectivity index (χ2n) is 4.60. The summed E-state index contributed by atoms with van der Waals surface area (Å²) in [5, 5.41) is 6.16. The lowest BCUT2D eigenvalue weighted by atomic mass is 10.1. The lowest BCUT2D eigenvalue weighted by molar-refractivity contribution is -0.137. The molecule has 0 heterocycles. The highest BCUT2D eigenvalue weighted by atomic mass is 19.4. The quantitative estimate of drug-likeness (QED) is 0.462. The molecule has 124 valence electrons. The Hall–Kier alpha value is -1.76. The normalized spacial score (nSPS) is 12.3. The van der Waals surface area contributed by atoms with Gasteiger partial charge in [-0.2, -0.15) is 13.2 Å². The number of guanidine groups is 1. The summed E-state index contributed by atoms with van der Waals surface area (Å²) >= 11 is 0. The fourth-order valence-electron chi connectivity index (χ4n) is 1.74. The Morgan fingerprint density at radius 2 is 1.86 bits per heavy atom. The van der Waals surface area contributed by atoms with Crippen LogP contribution in [0.2, 0.25) is 0 Å². The highest BCUT2D eigenvalue weighted by molar-refractivity contribution is 5.79. The van der Waals surface area contributed by atoms with Gasteiger partial charge in [0.2, 0.25) is 0 Å². The fraction of sp³-hybridized carbons (Fsp3) is 0.533. The Morgan fingerprint density at radius 1 is 1.18 bits per heavy atom. The molecule has 0 radical (unpaired) electrons. The van der Waals surface area contributed by atoms with Crippen molar-refractivity contribution in [2.24, 2.45) is 4.99 Å². The van der Waals surface area contributed by atoms with Crippen molar-refractivity contribution in [1.29, 1.82) is 0 Å². The van der Waals surface area contributed by atoms with Crippen LogP contribution in [-0.4, -0.2) is 32.8 Å². The molecule has 0 aliphatic rings. The molecular formula is C15H22F3N3O. The summed E-state index contributed by atoms with van der Waals surface area (Å²) < 4.78 is 42.6. The van der Waals surface area contributed by atoms with Gasteiger partial charge in [0.25, 0.3) is 0 Å². The van der Waals surface area contributed by atoms with Gasteiger partial charge < -0.3 is 15.4 Å². The van der Waals surface area contributed by atoms with Crippen LogP contribution < -0.4 is 10.6 Å². The average molecular weight is 317 g/mol. The maximum absolute atomic E-state index is 12.5. The molecule has 0 saturated carbocycles. The molecule has 0 atom stereocenters. The molecule has 0 saturated heterocycles. The third kappa shape index (κ3) is 6.80. The summed E-state index contributed by atoms with van der Waals surface area (Å²) in [5.41, 5.74) is 0.111. The van der Waals surface area contributed by atoms with E-state index in [2.05, 4.69) is 15.6 Å². The maximum atomic E-state index is 12.5. The Balaban J connectivity index is 2.37.